The third-order valence-corrected chi connectivity index (χ3v) is 6.28. The number of hydrogen-bond acceptors (Lipinski definition) is 6. The molecule has 2 atom stereocenters. The lowest BCUT2D eigenvalue weighted by molar-refractivity contribution is -0.141. The molecule has 28 heavy (non-hydrogen) atoms. The van der Waals surface area contributed by atoms with E-state index in [9.17, 15) is 23.1 Å². The van der Waals surface area contributed by atoms with E-state index < -0.39 is 34.0 Å². The summed E-state index contributed by atoms with van der Waals surface area (Å²) in [5.41, 5.74) is 11.5. The fraction of sp³-hybridized carbons (Fsp3) is 0.556. The molecule has 0 aromatic heterocycles. The van der Waals surface area contributed by atoms with E-state index in [2.05, 4.69) is 0 Å². The zero-order chi connectivity index (χ0) is 21.5. The number of anilines is 1. The van der Waals surface area contributed by atoms with Crippen molar-refractivity contribution in [1.82, 2.24) is 4.31 Å². The Hall–Kier alpha value is -2.17. The molecule has 0 aliphatic heterocycles. The second-order valence-electron chi connectivity index (χ2n) is 7.10. The SMILES string of the molecule is CC(C)CCN(C(CCCC(N)C(=O)O)C(=O)O)S(=O)(=O)c1ccc(N)cc1. The molecule has 158 valence electrons. The molecule has 0 aliphatic rings. The Kier molecular flexibility index (Phi) is 8.86. The van der Waals surface area contributed by atoms with E-state index in [1.807, 2.05) is 13.8 Å². The van der Waals surface area contributed by atoms with Crippen LogP contribution in [0.15, 0.2) is 29.2 Å². The topological polar surface area (TPSA) is 164 Å². The van der Waals surface area contributed by atoms with Crippen molar-refractivity contribution in [3.05, 3.63) is 24.3 Å². The molecule has 0 saturated heterocycles. The molecule has 9 nitrogen and oxygen atoms in total. The van der Waals surface area contributed by atoms with Crippen molar-refractivity contribution < 1.29 is 28.2 Å². The highest BCUT2D eigenvalue weighted by Gasteiger charge is 2.35. The van der Waals surface area contributed by atoms with Gasteiger partial charge in [-0.3, -0.25) is 9.59 Å². The number of nitrogens with zero attached hydrogens (tertiary/aromatic N) is 1. The molecule has 10 heteroatoms. The van der Waals surface area contributed by atoms with Crippen molar-refractivity contribution in [3.8, 4) is 0 Å². The maximum absolute atomic E-state index is 13.1. The molecule has 0 aliphatic carbocycles. The van der Waals surface area contributed by atoms with Crippen LogP contribution in [0.5, 0.6) is 0 Å². The Labute approximate surface area is 165 Å². The van der Waals surface area contributed by atoms with Crippen LogP contribution in [0.3, 0.4) is 0 Å². The van der Waals surface area contributed by atoms with Crippen LogP contribution in [-0.2, 0) is 19.6 Å². The first kappa shape index (κ1) is 23.9. The predicted molar refractivity (Wildman–Crippen MR) is 105 cm³/mol. The van der Waals surface area contributed by atoms with Gasteiger partial charge in [0.15, 0.2) is 0 Å². The molecule has 0 saturated carbocycles. The van der Waals surface area contributed by atoms with Gasteiger partial charge in [-0.2, -0.15) is 4.31 Å². The van der Waals surface area contributed by atoms with Crippen LogP contribution >= 0.6 is 0 Å². The first-order valence-corrected chi connectivity index (χ1v) is 10.5. The van der Waals surface area contributed by atoms with Crippen molar-refractivity contribution in [2.24, 2.45) is 11.7 Å². The summed E-state index contributed by atoms with van der Waals surface area (Å²) in [5, 5.41) is 18.5. The van der Waals surface area contributed by atoms with Crippen LogP contribution in [0.25, 0.3) is 0 Å². The molecule has 1 aromatic carbocycles. The lowest BCUT2D eigenvalue weighted by Crippen LogP contribution is -2.46. The largest absolute Gasteiger partial charge is 0.480 e. The highest BCUT2D eigenvalue weighted by molar-refractivity contribution is 7.89. The number of rotatable bonds is 12. The molecular formula is C18H29N3O6S. The average Bonchev–Trinajstić information content (AvgIpc) is 2.59. The van der Waals surface area contributed by atoms with Gasteiger partial charge in [0.1, 0.15) is 12.1 Å². The fourth-order valence-electron chi connectivity index (χ4n) is 2.65. The lowest BCUT2D eigenvalue weighted by Gasteiger charge is -2.29. The molecule has 0 radical (unpaired) electrons. The van der Waals surface area contributed by atoms with Crippen LogP contribution in [0.4, 0.5) is 5.69 Å². The number of aliphatic carboxylic acids is 2. The molecule has 0 fully saturated rings. The number of carboxylic acid groups (broad SMARTS) is 2. The van der Waals surface area contributed by atoms with Gasteiger partial charge in [-0.15, -0.1) is 0 Å². The molecule has 2 unspecified atom stereocenters. The molecule has 1 rings (SSSR count). The van der Waals surface area contributed by atoms with E-state index in [0.717, 1.165) is 4.31 Å². The maximum Gasteiger partial charge on any atom is 0.322 e. The Morgan fingerprint density at radius 3 is 2.07 bits per heavy atom. The maximum atomic E-state index is 13.1. The van der Waals surface area contributed by atoms with Gasteiger partial charge in [-0.05, 0) is 55.9 Å². The highest BCUT2D eigenvalue weighted by Crippen LogP contribution is 2.23. The Morgan fingerprint density at radius 2 is 1.61 bits per heavy atom. The Morgan fingerprint density at radius 1 is 1.04 bits per heavy atom. The van der Waals surface area contributed by atoms with Crippen LogP contribution in [0.2, 0.25) is 0 Å². The molecule has 0 spiro atoms. The second kappa shape index (κ2) is 10.4. The first-order valence-electron chi connectivity index (χ1n) is 9.05. The number of nitrogen functional groups attached to an aromatic ring is 1. The minimum atomic E-state index is -4.08. The van der Waals surface area contributed by atoms with Crippen LogP contribution in [0, 0.1) is 5.92 Å². The second-order valence-corrected chi connectivity index (χ2v) is 8.99. The fourth-order valence-corrected chi connectivity index (χ4v) is 4.28. The zero-order valence-electron chi connectivity index (χ0n) is 16.1. The van der Waals surface area contributed by atoms with Crippen LogP contribution < -0.4 is 11.5 Å². The summed E-state index contributed by atoms with van der Waals surface area (Å²) in [6.07, 6.45) is 0.661. The van der Waals surface area contributed by atoms with E-state index in [1.165, 1.54) is 24.3 Å². The number of carbonyl (C=O) groups is 2. The van der Waals surface area contributed by atoms with Crippen molar-refractivity contribution in [2.45, 2.75) is 56.5 Å². The summed E-state index contributed by atoms with van der Waals surface area (Å²) >= 11 is 0. The number of benzene rings is 1. The molecule has 1 aromatic rings. The standard InChI is InChI=1S/C18H29N3O6S/c1-12(2)10-11-21(28(26,27)14-8-6-13(19)7-9-14)16(18(24)25)5-3-4-15(20)17(22)23/h6-9,12,15-16H,3-5,10-11,19-20H2,1-2H3,(H,22,23)(H,24,25). The lowest BCUT2D eigenvalue weighted by atomic mass is 10.1. The van der Waals surface area contributed by atoms with Gasteiger partial charge < -0.3 is 21.7 Å². The smallest absolute Gasteiger partial charge is 0.322 e. The van der Waals surface area contributed by atoms with Gasteiger partial charge in [0.05, 0.1) is 4.90 Å². The van der Waals surface area contributed by atoms with E-state index in [0.29, 0.717) is 12.1 Å². The highest BCUT2D eigenvalue weighted by atomic mass is 32.2. The van der Waals surface area contributed by atoms with E-state index >= 15 is 0 Å². The first-order chi connectivity index (χ1) is 13.0. The minimum absolute atomic E-state index is 0.0341. The van der Waals surface area contributed by atoms with Gasteiger partial charge in [-0.25, -0.2) is 8.42 Å². The van der Waals surface area contributed by atoms with Crippen molar-refractivity contribution in [1.29, 1.82) is 0 Å². The van der Waals surface area contributed by atoms with E-state index in [-0.39, 0.29) is 36.6 Å². The van der Waals surface area contributed by atoms with Gasteiger partial charge in [0.25, 0.3) is 0 Å². The van der Waals surface area contributed by atoms with Crippen LogP contribution in [0.1, 0.15) is 39.5 Å². The monoisotopic (exact) mass is 415 g/mol. The van der Waals surface area contributed by atoms with Crippen molar-refractivity contribution in [3.63, 3.8) is 0 Å². The third-order valence-electron chi connectivity index (χ3n) is 4.36. The molecule has 0 heterocycles. The van der Waals surface area contributed by atoms with E-state index in [1.54, 1.807) is 0 Å². The summed E-state index contributed by atoms with van der Waals surface area (Å²) < 4.78 is 27.2. The molecule has 6 N–H and O–H groups in total. The van der Waals surface area contributed by atoms with E-state index in [4.69, 9.17) is 16.6 Å². The number of hydrogen-bond donors (Lipinski definition) is 4. The normalized spacial score (nSPS) is 14.2. The summed E-state index contributed by atoms with van der Waals surface area (Å²) in [7, 11) is -4.08. The summed E-state index contributed by atoms with van der Waals surface area (Å²) in [6.45, 7) is 3.86. The minimum Gasteiger partial charge on any atom is -0.480 e. The van der Waals surface area contributed by atoms with Gasteiger partial charge in [0.2, 0.25) is 10.0 Å². The van der Waals surface area contributed by atoms with Crippen LogP contribution in [-0.4, -0.2) is 53.5 Å². The predicted octanol–water partition coefficient (Wildman–Crippen LogP) is 1.34. The van der Waals surface area contributed by atoms with Gasteiger partial charge in [-0.1, -0.05) is 13.8 Å². The Balaban J connectivity index is 3.14. The number of sulfonamides is 1. The van der Waals surface area contributed by atoms with Gasteiger partial charge >= 0.3 is 11.9 Å². The molecule has 0 bridgehead atoms. The molecule has 0 amide bonds. The number of nitrogens with two attached hydrogens (primary N) is 2. The Bertz CT molecular complexity index is 764. The summed E-state index contributed by atoms with van der Waals surface area (Å²) in [4.78, 5) is 22.6. The zero-order valence-corrected chi connectivity index (χ0v) is 16.9. The third kappa shape index (κ3) is 6.77. The van der Waals surface area contributed by atoms with Crippen molar-refractivity contribution >= 4 is 27.6 Å². The number of carboxylic acids is 2. The summed E-state index contributed by atoms with van der Waals surface area (Å²) in [5.74, 6) is -2.30. The molecular weight excluding hydrogens is 386 g/mol. The van der Waals surface area contributed by atoms with Crippen molar-refractivity contribution in [2.75, 3.05) is 12.3 Å². The quantitative estimate of drug-likeness (QED) is 0.371. The van der Waals surface area contributed by atoms with Gasteiger partial charge in [0, 0.05) is 12.2 Å². The summed E-state index contributed by atoms with van der Waals surface area (Å²) in [6, 6.07) is 3.12. The average molecular weight is 416 g/mol.